The van der Waals surface area contributed by atoms with Gasteiger partial charge in [0.15, 0.2) is 0 Å². The first kappa shape index (κ1) is 22.1. The Kier molecular flexibility index (Phi) is 7.99. The number of nitrogens with zero attached hydrogens (tertiary/aromatic N) is 2. The number of benzene rings is 2. The van der Waals surface area contributed by atoms with E-state index in [9.17, 15) is 4.79 Å². The van der Waals surface area contributed by atoms with Gasteiger partial charge in [0.05, 0.1) is 6.61 Å². The molecule has 2 heterocycles. The molecule has 0 unspecified atom stereocenters. The highest BCUT2D eigenvalue weighted by atomic mass is 79.9. The maximum atomic E-state index is 12.9. The summed E-state index contributed by atoms with van der Waals surface area (Å²) in [7, 11) is 0. The van der Waals surface area contributed by atoms with Crippen LogP contribution in [0.4, 0.5) is 5.69 Å². The Balaban J connectivity index is 0.00000240. The van der Waals surface area contributed by atoms with Gasteiger partial charge in [-0.1, -0.05) is 22.4 Å². The molecule has 0 spiro atoms. The van der Waals surface area contributed by atoms with E-state index in [2.05, 4.69) is 26.9 Å². The highest BCUT2D eigenvalue weighted by Crippen LogP contribution is 2.31. The van der Waals surface area contributed by atoms with E-state index in [-0.39, 0.29) is 18.3 Å². The van der Waals surface area contributed by atoms with Crippen LogP contribution in [0.25, 0.3) is 0 Å². The van der Waals surface area contributed by atoms with Crippen LogP contribution in [0.1, 0.15) is 41.6 Å². The van der Waals surface area contributed by atoms with E-state index in [0.29, 0.717) is 5.56 Å². The predicted octanol–water partition coefficient (Wildman–Crippen LogP) is 5.33. The minimum Gasteiger partial charge on any atom is -0.494 e. The minimum atomic E-state index is 0. The van der Waals surface area contributed by atoms with Gasteiger partial charge in [-0.05, 0) is 86.8 Å². The fraction of sp³-hybridized carbons (Fsp3) is 0.435. The van der Waals surface area contributed by atoms with Gasteiger partial charge in [0.1, 0.15) is 5.75 Å². The van der Waals surface area contributed by atoms with Crippen molar-refractivity contribution in [2.24, 2.45) is 0 Å². The number of piperidine rings is 1. The molecule has 4 nitrogen and oxygen atoms in total. The molecular formula is C23H28BrClN2O2. The topological polar surface area (TPSA) is 32.8 Å². The van der Waals surface area contributed by atoms with Gasteiger partial charge in [-0.15, -0.1) is 12.4 Å². The van der Waals surface area contributed by atoms with Crippen molar-refractivity contribution in [2.75, 3.05) is 37.7 Å². The molecule has 1 saturated heterocycles. The molecule has 156 valence electrons. The van der Waals surface area contributed by atoms with Gasteiger partial charge in [-0.2, -0.15) is 0 Å². The summed E-state index contributed by atoms with van der Waals surface area (Å²) in [6.45, 7) is 5.03. The van der Waals surface area contributed by atoms with Gasteiger partial charge in [-0.3, -0.25) is 4.79 Å². The summed E-state index contributed by atoms with van der Waals surface area (Å²) in [5, 5.41) is 0. The first-order chi connectivity index (χ1) is 13.7. The quantitative estimate of drug-likeness (QED) is 0.525. The van der Waals surface area contributed by atoms with Crippen LogP contribution in [0.3, 0.4) is 0 Å². The Hall–Kier alpha value is -1.56. The molecule has 2 aromatic rings. The SMILES string of the molecule is Cl.O=C(c1ccc(OCCCN2CCCCC2)cc1)N1CCc2cc(Br)ccc21. The number of hydrogen-bond acceptors (Lipinski definition) is 3. The number of hydrogen-bond donors (Lipinski definition) is 0. The van der Waals surface area contributed by atoms with Crippen molar-refractivity contribution in [3.05, 3.63) is 58.1 Å². The lowest BCUT2D eigenvalue weighted by Crippen LogP contribution is -2.31. The Morgan fingerprint density at radius 1 is 1.00 bits per heavy atom. The van der Waals surface area contributed by atoms with Gasteiger partial charge in [0.2, 0.25) is 0 Å². The minimum absolute atomic E-state index is 0. The normalized spacial score (nSPS) is 16.2. The van der Waals surface area contributed by atoms with E-state index in [1.165, 1.54) is 37.9 Å². The zero-order valence-electron chi connectivity index (χ0n) is 16.6. The van der Waals surface area contributed by atoms with E-state index < -0.39 is 0 Å². The largest absolute Gasteiger partial charge is 0.494 e. The van der Waals surface area contributed by atoms with E-state index in [4.69, 9.17) is 4.74 Å². The van der Waals surface area contributed by atoms with Crippen molar-refractivity contribution in [1.82, 2.24) is 4.90 Å². The second-order valence-electron chi connectivity index (χ2n) is 7.61. The molecule has 2 aromatic carbocycles. The number of halogens is 2. The molecule has 0 N–H and O–H groups in total. The summed E-state index contributed by atoms with van der Waals surface area (Å²) in [5.41, 5.74) is 2.94. The van der Waals surface area contributed by atoms with Crippen LogP contribution < -0.4 is 9.64 Å². The zero-order chi connectivity index (χ0) is 19.3. The molecule has 0 radical (unpaired) electrons. The van der Waals surface area contributed by atoms with Crippen LogP contribution in [0.15, 0.2) is 46.9 Å². The standard InChI is InChI=1S/C23H27BrN2O2.ClH/c24-20-7-10-22-19(17-20)11-15-26(22)23(27)18-5-8-21(9-6-18)28-16-4-14-25-12-2-1-3-13-25;/h5-10,17H,1-4,11-16H2;1H. The van der Waals surface area contributed by atoms with Gasteiger partial charge >= 0.3 is 0 Å². The summed E-state index contributed by atoms with van der Waals surface area (Å²) in [6, 6.07) is 13.7. The van der Waals surface area contributed by atoms with Crippen LogP contribution in [0.2, 0.25) is 0 Å². The van der Waals surface area contributed by atoms with Gasteiger partial charge < -0.3 is 14.5 Å². The summed E-state index contributed by atoms with van der Waals surface area (Å²) < 4.78 is 6.93. The Labute approximate surface area is 187 Å². The molecule has 6 heteroatoms. The number of ether oxygens (including phenoxy) is 1. The lowest BCUT2D eigenvalue weighted by molar-refractivity contribution is 0.0989. The van der Waals surface area contributed by atoms with Gasteiger partial charge in [0, 0.05) is 28.8 Å². The van der Waals surface area contributed by atoms with Crippen LogP contribution in [-0.4, -0.2) is 43.6 Å². The summed E-state index contributed by atoms with van der Waals surface area (Å²) in [4.78, 5) is 17.3. The average molecular weight is 480 g/mol. The van der Waals surface area contributed by atoms with Gasteiger partial charge in [0.25, 0.3) is 5.91 Å². The smallest absolute Gasteiger partial charge is 0.258 e. The van der Waals surface area contributed by atoms with Crippen molar-refractivity contribution in [2.45, 2.75) is 32.1 Å². The third kappa shape index (κ3) is 5.53. The highest BCUT2D eigenvalue weighted by Gasteiger charge is 2.25. The molecule has 0 atom stereocenters. The van der Waals surface area contributed by atoms with Crippen LogP contribution in [0.5, 0.6) is 5.75 Å². The number of likely N-dealkylation sites (tertiary alicyclic amines) is 1. The molecule has 0 aliphatic carbocycles. The number of carbonyl (C=O) groups excluding carboxylic acids is 1. The Morgan fingerprint density at radius 3 is 2.52 bits per heavy atom. The number of anilines is 1. The third-order valence-corrected chi connectivity index (χ3v) is 6.11. The molecule has 4 rings (SSSR count). The van der Waals surface area contributed by atoms with E-state index >= 15 is 0 Å². The predicted molar refractivity (Wildman–Crippen MR) is 124 cm³/mol. The first-order valence-electron chi connectivity index (χ1n) is 10.3. The zero-order valence-corrected chi connectivity index (χ0v) is 19.0. The van der Waals surface area contributed by atoms with Crippen LogP contribution >= 0.6 is 28.3 Å². The van der Waals surface area contributed by atoms with E-state index in [1.807, 2.05) is 41.3 Å². The fourth-order valence-corrected chi connectivity index (χ4v) is 4.50. The maximum Gasteiger partial charge on any atom is 0.258 e. The fourth-order valence-electron chi connectivity index (χ4n) is 4.09. The average Bonchev–Trinajstić information content (AvgIpc) is 3.15. The number of amides is 1. The Bertz CT molecular complexity index is 822. The van der Waals surface area contributed by atoms with Crippen molar-refractivity contribution in [3.63, 3.8) is 0 Å². The monoisotopic (exact) mass is 478 g/mol. The van der Waals surface area contributed by atoms with Crippen LogP contribution in [-0.2, 0) is 6.42 Å². The molecule has 0 aromatic heterocycles. The second-order valence-corrected chi connectivity index (χ2v) is 8.52. The van der Waals surface area contributed by atoms with Crippen molar-refractivity contribution in [1.29, 1.82) is 0 Å². The first-order valence-corrected chi connectivity index (χ1v) is 11.1. The highest BCUT2D eigenvalue weighted by molar-refractivity contribution is 9.10. The second kappa shape index (κ2) is 10.5. The molecule has 2 aliphatic rings. The summed E-state index contributed by atoms with van der Waals surface area (Å²) >= 11 is 3.50. The molecule has 29 heavy (non-hydrogen) atoms. The molecule has 0 bridgehead atoms. The van der Waals surface area contributed by atoms with E-state index in [1.54, 1.807) is 0 Å². The number of fused-ring (bicyclic) bond motifs is 1. The molecule has 2 aliphatic heterocycles. The third-order valence-electron chi connectivity index (χ3n) is 5.62. The lowest BCUT2D eigenvalue weighted by atomic mass is 10.1. The number of carbonyl (C=O) groups is 1. The van der Waals surface area contributed by atoms with Gasteiger partial charge in [-0.25, -0.2) is 0 Å². The lowest BCUT2D eigenvalue weighted by Gasteiger charge is -2.26. The van der Waals surface area contributed by atoms with Crippen LogP contribution in [0, 0.1) is 0 Å². The van der Waals surface area contributed by atoms with Crippen molar-refractivity contribution in [3.8, 4) is 5.75 Å². The maximum absolute atomic E-state index is 12.9. The molecule has 1 fully saturated rings. The number of rotatable bonds is 6. The summed E-state index contributed by atoms with van der Waals surface area (Å²) in [6.07, 6.45) is 5.97. The van der Waals surface area contributed by atoms with Crippen molar-refractivity contribution < 1.29 is 9.53 Å². The molecular weight excluding hydrogens is 452 g/mol. The summed E-state index contributed by atoms with van der Waals surface area (Å²) in [5.74, 6) is 0.888. The molecule has 1 amide bonds. The van der Waals surface area contributed by atoms with E-state index in [0.717, 1.165) is 48.4 Å². The van der Waals surface area contributed by atoms with Crippen molar-refractivity contribution >= 4 is 39.9 Å². The molecule has 0 saturated carbocycles. The Morgan fingerprint density at radius 2 is 1.76 bits per heavy atom.